The number of pyridine rings is 2. The number of hydrogen-bond donors (Lipinski definition) is 2. The molecule has 1 atom stereocenters. The molecule has 0 saturated carbocycles. The number of piperidine rings is 1. The number of anilines is 1. The Labute approximate surface area is 223 Å². The lowest BCUT2D eigenvalue weighted by Crippen LogP contribution is -2.49. The second-order valence-electron chi connectivity index (χ2n) is 9.35. The SMILES string of the molecule is O=C(c1ccc(-n2nnc3cccnc32)cc1F)N(c1nccc2cccc(/C=C/CO)c12)[C@@H]1CCCNC1. The minimum absolute atomic E-state index is 0.0658. The van der Waals surface area contributed by atoms with E-state index in [4.69, 9.17) is 0 Å². The largest absolute Gasteiger partial charge is 0.392 e. The number of nitrogens with one attached hydrogen (secondary N) is 1. The molecule has 2 aromatic carbocycles. The maximum Gasteiger partial charge on any atom is 0.262 e. The molecule has 1 amide bonds. The van der Waals surface area contributed by atoms with Gasteiger partial charge in [0.25, 0.3) is 5.91 Å². The van der Waals surface area contributed by atoms with Gasteiger partial charge in [-0.05, 0) is 60.7 Å². The number of rotatable bonds is 6. The molecule has 2 N–H and O–H groups in total. The van der Waals surface area contributed by atoms with Crippen molar-refractivity contribution >= 4 is 39.7 Å². The summed E-state index contributed by atoms with van der Waals surface area (Å²) < 4.78 is 17.1. The van der Waals surface area contributed by atoms with Crippen LogP contribution in [0.1, 0.15) is 28.8 Å². The highest BCUT2D eigenvalue weighted by molar-refractivity contribution is 6.11. The number of carbonyl (C=O) groups is 1. The second-order valence-corrected chi connectivity index (χ2v) is 9.35. The van der Waals surface area contributed by atoms with E-state index in [0.29, 0.717) is 29.2 Å². The van der Waals surface area contributed by atoms with E-state index in [1.807, 2.05) is 24.3 Å². The van der Waals surface area contributed by atoms with Crippen LogP contribution in [0.15, 0.2) is 73.1 Å². The Hall–Kier alpha value is -4.54. The van der Waals surface area contributed by atoms with Gasteiger partial charge >= 0.3 is 0 Å². The van der Waals surface area contributed by atoms with Crippen LogP contribution in [0.3, 0.4) is 0 Å². The zero-order valence-corrected chi connectivity index (χ0v) is 21.0. The molecule has 3 aromatic heterocycles. The van der Waals surface area contributed by atoms with Crippen LogP contribution in [0, 0.1) is 5.82 Å². The molecule has 0 radical (unpaired) electrons. The van der Waals surface area contributed by atoms with Crippen molar-refractivity contribution < 1.29 is 14.3 Å². The number of amides is 1. The summed E-state index contributed by atoms with van der Waals surface area (Å²) in [5.41, 5.74) is 2.24. The molecule has 1 aliphatic rings. The van der Waals surface area contributed by atoms with Crippen molar-refractivity contribution in [1.29, 1.82) is 0 Å². The number of benzene rings is 2. The number of halogens is 1. The number of aliphatic hydroxyl groups excluding tert-OH is 1. The van der Waals surface area contributed by atoms with Crippen molar-refractivity contribution in [3.8, 4) is 5.69 Å². The summed E-state index contributed by atoms with van der Waals surface area (Å²) in [4.78, 5) is 24.7. The van der Waals surface area contributed by atoms with Crippen LogP contribution < -0.4 is 10.2 Å². The third-order valence-corrected chi connectivity index (χ3v) is 6.93. The molecule has 4 heterocycles. The quantitative estimate of drug-likeness (QED) is 0.347. The third kappa shape index (κ3) is 4.64. The van der Waals surface area contributed by atoms with Crippen molar-refractivity contribution in [2.75, 3.05) is 24.6 Å². The van der Waals surface area contributed by atoms with E-state index in [2.05, 4.69) is 25.6 Å². The molecule has 9 nitrogen and oxygen atoms in total. The van der Waals surface area contributed by atoms with Gasteiger partial charge in [-0.25, -0.2) is 14.4 Å². The Balaban J connectivity index is 1.46. The first-order valence-corrected chi connectivity index (χ1v) is 12.8. The molecule has 0 unspecified atom stereocenters. The fraction of sp³-hybridized carbons (Fsp3) is 0.207. The van der Waals surface area contributed by atoms with Gasteiger partial charge in [0.15, 0.2) is 5.65 Å². The summed E-state index contributed by atoms with van der Waals surface area (Å²) in [6.07, 6.45) is 8.36. The Morgan fingerprint density at radius 1 is 1.15 bits per heavy atom. The smallest absolute Gasteiger partial charge is 0.262 e. The molecule has 0 spiro atoms. The zero-order valence-electron chi connectivity index (χ0n) is 21.0. The molecule has 39 heavy (non-hydrogen) atoms. The van der Waals surface area contributed by atoms with Gasteiger partial charge in [-0.3, -0.25) is 9.69 Å². The Morgan fingerprint density at radius 3 is 2.90 bits per heavy atom. The van der Waals surface area contributed by atoms with Gasteiger partial charge in [0.05, 0.1) is 23.9 Å². The monoisotopic (exact) mass is 523 g/mol. The molecule has 1 aliphatic heterocycles. The fourth-order valence-electron chi connectivity index (χ4n) is 5.11. The summed E-state index contributed by atoms with van der Waals surface area (Å²) in [5, 5.41) is 22.6. The third-order valence-electron chi connectivity index (χ3n) is 6.93. The van der Waals surface area contributed by atoms with Crippen molar-refractivity contribution in [2.45, 2.75) is 18.9 Å². The minimum atomic E-state index is -0.675. The van der Waals surface area contributed by atoms with E-state index in [9.17, 15) is 9.90 Å². The number of fused-ring (bicyclic) bond motifs is 2. The topological polar surface area (TPSA) is 109 Å². The van der Waals surface area contributed by atoms with Gasteiger partial charge in [-0.2, -0.15) is 4.68 Å². The van der Waals surface area contributed by atoms with E-state index < -0.39 is 11.7 Å². The van der Waals surface area contributed by atoms with E-state index in [1.165, 1.54) is 16.8 Å². The molecule has 10 heteroatoms. The Kier molecular flexibility index (Phi) is 6.78. The fourth-order valence-corrected chi connectivity index (χ4v) is 5.11. The molecule has 0 aliphatic carbocycles. The van der Waals surface area contributed by atoms with Crippen LogP contribution in [-0.2, 0) is 0 Å². The highest BCUT2D eigenvalue weighted by atomic mass is 19.1. The van der Waals surface area contributed by atoms with E-state index in [0.717, 1.165) is 35.7 Å². The van der Waals surface area contributed by atoms with Crippen LogP contribution in [0.25, 0.3) is 33.7 Å². The van der Waals surface area contributed by atoms with Gasteiger partial charge in [0.1, 0.15) is 17.2 Å². The van der Waals surface area contributed by atoms with Gasteiger partial charge in [-0.1, -0.05) is 35.6 Å². The van der Waals surface area contributed by atoms with Crippen LogP contribution in [0.4, 0.5) is 10.2 Å². The number of carbonyl (C=O) groups excluding carboxylic acids is 1. The molecular formula is C29H26FN7O2. The summed E-state index contributed by atoms with van der Waals surface area (Å²) in [5.74, 6) is -0.693. The standard InChI is InChI=1S/C29H26FN7O2/c30-24-17-21(37-27-25(34-35-37)9-3-14-32-27)10-11-23(24)29(39)36(22-8-2-13-31-18-22)28-26-19(7-4-16-38)5-1-6-20(26)12-15-33-28/h1,3-7,9-12,14-15,17,22,31,38H,2,8,13,16,18H2/b7-4+/t22-/m1/s1. The van der Waals surface area contributed by atoms with Crippen LogP contribution in [0.2, 0.25) is 0 Å². The average molecular weight is 524 g/mol. The molecule has 196 valence electrons. The van der Waals surface area contributed by atoms with Crippen LogP contribution >= 0.6 is 0 Å². The highest BCUT2D eigenvalue weighted by Gasteiger charge is 2.32. The summed E-state index contributed by atoms with van der Waals surface area (Å²) >= 11 is 0. The van der Waals surface area contributed by atoms with Crippen molar-refractivity contribution in [3.05, 3.63) is 90.0 Å². The molecular weight excluding hydrogens is 497 g/mol. The zero-order chi connectivity index (χ0) is 26.8. The van der Waals surface area contributed by atoms with Crippen molar-refractivity contribution in [1.82, 2.24) is 30.3 Å². The van der Waals surface area contributed by atoms with Crippen molar-refractivity contribution in [2.24, 2.45) is 0 Å². The maximum atomic E-state index is 15.7. The van der Waals surface area contributed by atoms with E-state index >= 15 is 4.39 Å². The summed E-state index contributed by atoms with van der Waals surface area (Å²) in [6, 6.07) is 15.4. The lowest BCUT2D eigenvalue weighted by molar-refractivity contribution is 0.0968. The first-order valence-electron chi connectivity index (χ1n) is 12.8. The van der Waals surface area contributed by atoms with Gasteiger partial charge in [0.2, 0.25) is 0 Å². The summed E-state index contributed by atoms with van der Waals surface area (Å²) in [6.45, 7) is 1.30. The molecule has 5 aromatic rings. The number of nitrogens with zero attached hydrogens (tertiary/aromatic N) is 6. The second kappa shape index (κ2) is 10.7. The first-order chi connectivity index (χ1) is 19.2. The molecule has 1 saturated heterocycles. The predicted molar refractivity (Wildman–Crippen MR) is 147 cm³/mol. The first kappa shape index (κ1) is 24.8. The van der Waals surface area contributed by atoms with Gasteiger partial charge in [0, 0.05) is 30.4 Å². The van der Waals surface area contributed by atoms with Crippen LogP contribution in [0.5, 0.6) is 0 Å². The number of aromatic nitrogens is 5. The summed E-state index contributed by atoms with van der Waals surface area (Å²) in [7, 11) is 0. The van der Waals surface area contributed by atoms with Gasteiger partial charge in [-0.15, -0.1) is 5.10 Å². The normalized spacial score (nSPS) is 15.8. The van der Waals surface area contributed by atoms with Crippen LogP contribution in [-0.4, -0.2) is 61.7 Å². The lowest BCUT2D eigenvalue weighted by Gasteiger charge is -2.35. The number of aliphatic hydroxyl groups is 1. The minimum Gasteiger partial charge on any atom is -0.392 e. The van der Waals surface area contributed by atoms with E-state index in [1.54, 1.807) is 47.6 Å². The Bertz CT molecular complexity index is 1690. The molecule has 6 rings (SSSR count). The van der Waals surface area contributed by atoms with E-state index in [-0.39, 0.29) is 18.2 Å². The highest BCUT2D eigenvalue weighted by Crippen LogP contribution is 2.33. The van der Waals surface area contributed by atoms with Crippen molar-refractivity contribution in [3.63, 3.8) is 0 Å². The van der Waals surface area contributed by atoms with Gasteiger partial charge < -0.3 is 10.4 Å². The number of hydrogen-bond acceptors (Lipinski definition) is 7. The maximum absolute atomic E-state index is 15.7. The average Bonchev–Trinajstić information content (AvgIpc) is 3.41. The Morgan fingerprint density at radius 2 is 2.08 bits per heavy atom. The lowest BCUT2D eigenvalue weighted by atomic mass is 10.0. The molecule has 1 fully saturated rings. The predicted octanol–water partition coefficient (Wildman–Crippen LogP) is 3.91. The molecule has 0 bridgehead atoms.